The monoisotopic (exact) mass is 198 g/mol. The average molecular weight is 198 g/mol. The molecule has 5 heteroatoms. The maximum atomic E-state index is 5.04. The Balaban J connectivity index is 2.63. The van der Waals surface area contributed by atoms with Crippen molar-refractivity contribution in [2.75, 3.05) is 11.9 Å². The van der Waals surface area contributed by atoms with Crippen LogP contribution < -0.4 is 10.6 Å². The van der Waals surface area contributed by atoms with E-state index in [0.717, 1.165) is 17.9 Å². The van der Waals surface area contributed by atoms with Crippen LogP contribution in [-0.2, 0) is 7.05 Å². The van der Waals surface area contributed by atoms with Crippen molar-refractivity contribution in [3.63, 3.8) is 0 Å². The van der Waals surface area contributed by atoms with Crippen molar-refractivity contribution in [3.8, 4) is 0 Å². The van der Waals surface area contributed by atoms with Crippen LogP contribution in [0, 0.1) is 6.92 Å². The standard InChI is InChI=1S/C8H14N4S/c1-4-9-8(13)10-7-5-12(3)11-6(7)2/h5H,4H2,1-3H3,(H2,9,10,13). The highest BCUT2D eigenvalue weighted by Crippen LogP contribution is 2.10. The van der Waals surface area contributed by atoms with Crippen LogP contribution in [0.15, 0.2) is 6.20 Å². The molecule has 1 aromatic rings. The molecule has 4 nitrogen and oxygen atoms in total. The van der Waals surface area contributed by atoms with E-state index in [2.05, 4.69) is 15.7 Å². The highest BCUT2D eigenvalue weighted by Gasteiger charge is 2.03. The first kappa shape index (κ1) is 9.98. The van der Waals surface area contributed by atoms with E-state index in [4.69, 9.17) is 12.2 Å². The molecule has 72 valence electrons. The van der Waals surface area contributed by atoms with Crippen molar-refractivity contribution in [1.82, 2.24) is 15.1 Å². The van der Waals surface area contributed by atoms with Crippen LogP contribution in [0.5, 0.6) is 0 Å². The summed E-state index contributed by atoms with van der Waals surface area (Å²) >= 11 is 5.04. The van der Waals surface area contributed by atoms with Gasteiger partial charge in [-0.1, -0.05) is 0 Å². The fraction of sp³-hybridized carbons (Fsp3) is 0.500. The molecule has 0 aromatic carbocycles. The van der Waals surface area contributed by atoms with Gasteiger partial charge in [-0.3, -0.25) is 4.68 Å². The van der Waals surface area contributed by atoms with Crippen LogP contribution in [0.2, 0.25) is 0 Å². The van der Waals surface area contributed by atoms with Crippen molar-refractivity contribution in [2.45, 2.75) is 13.8 Å². The number of thiocarbonyl (C=S) groups is 1. The Labute approximate surface area is 83.3 Å². The zero-order valence-electron chi connectivity index (χ0n) is 8.09. The van der Waals surface area contributed by atoms with Crippen LogP contribution in [-0.4, -0.2) is 21.4 Å². The van der Waals surface area contributed by atoms with Gasteiger partial charge in [0.2, 0.25) is 0 Å². The Morgan fingerprint density at radius 2 is 2.38 bits per heavy atom. The van der Waals surface area contributed by atoms with Crippen LogP contribution in [0.3, 0.4) is 0 Å². The number of aromatic nitrogens is 2. The summed E-state index contributed by atoms with van der Waals surface area (Å²) in [6.45, 7) is 4.77. The SMILES string of the molecule is CCNC(=S)Nc1cn(C)nc1C. The molecule has 0 amide bonds. The van der Waals surface area contributed by atoms with Gasteiger partial charge in [-0.05, 0) is 26.1 Å². The van der Waals surface area contributed by atoms with Crippen molar-refractivity contribution in [3.05, 3.63) is 11.9 Å². The Kier molecular flexibility index (Phi) is 3.25. The molecule has 0 bridgehead atoms. The summed E-state index contributed by atoms with van der Waals surface area (Å²) < 4.78 is 1.76. The van der Waals surface area contributed by atoms with Gasteiger partial charge >= 0.3 is 0 Å². The lowest BCUT2D eigenvalue weighted by atomic mass is 10.4. The Hall–Kier alpha value is -1.10. The predicted molar refractivity (Wildman–Crippen MR) is 57.8 cm³/mol. The van der Waals surface area contributed by atoms with E-state index in [9.17, 15) is 0 Å². The van der Waals surface area contributed by atoms with Crippen molar-refractivity contribution in [2.24, 2.45) is 7.05 Å². The van der Waals surface area contributed by atoms with E-state index in [-0.39, 0.29) is 0 Å². The molecule has 0 saturated heterocycles. The number of hydrogen-bond acceptors (Lipinski definition) is 2. The number of anilines is 1. The molecule has 0 aliphatic carbocycles. The highest BCUT2D eigenvalue weighted by atomic mass is 32.1. The lowest BCUT2D eigenvalue weighted by molar-refractivity contribution is 0.756. The van der Waals surface area contributed by atoms with Gasteiger partial charge < -0.3 is 10.6 Å². The fourth-order valence-corrected chi connectivity index (χ4v) is 1.30. The molecule has 2 N–H and O–H groups in total. The third-order valence-electron chi connectivity index (χ3n) is 1.60. The molecule has 1 heterocycles. The molecule has 0 unspecified atom stereocenters. The quantitative estimate of drug-likeness (QED) is 0.697. The maximum Gasteiger partial charge on any atom is 0.170 e. The molecule has 0 fully saturated rings. The molecule has 0 aliphatic rings. The lowest BCUT2D eigenvalue weighted by Gasteiger charge is -2.06. The minimum absolute atomic E-state index is 0.638. The lowest BCUT2D eigenvalue weighted by Crippen LogP contribution is -2.27. The second kappa shape index (κ2) is 4.23. The Morgan fingerprint density at radius 3 is 2.85 bits per heavy atom. The topological polar surface area (TPSA) is 41.9 Å². The van der Waals surface area contributed by atoms with Crippen molar-refractivity contribution in [1.29, 1.82) is 0 Å². The second-order valence-corrected chi connectivity index (χ2v) is 3.19. The number of rotatable bonds is 2. The van der Waals surface area contributed by atoms with Crippen LogP contribution in [0.4, 0.5) is 5.69 Å². The summed E-state index contributed by atoms with van der Waals surface area (Å²) in [6.07, 6.45) is 1.90. The molecule has 0 saturated carbocycles. The van der Waals surface area contributed by atoms with E-state index in [1.54, 1.807) is 4.68 Å². The van der Waals surface area contributed by atoms with E-state index < -0.39 is 0 Å². The Bertz CT molecular complexity index is 305. The molecule has 0 atom stereocenters. The summed E-state index contributed by atoms with van der Waals surface area (Å²) in [5.41, 5.74) is 1.90. The third-order valence-corrected chi connectivity index (χ3v) is 1.85. The summed E-state index contributed by atoms with van der Waals surface area (Å²) in [6, 6.07) is 0. The zero-order chi connectivity index (χ0) is 9.84. The average Bonchev–Trinajstić information content (AvgIpc) is 2.30. The summed E-state index contributed by atoms with van der Waals surface area (Å²) in [5.74, 6) is 0. The van der Waals surface area contributed by atoms with Gasteiger partial charge in [-0.2, -0.15) is 5.10 Å². The number of hydrogen-bond donors (Lipinski definition) is 2. The molecule has 1 aromatic heterocycles. The highest BCUT2D eigenvalue weighted by molar-refractivity contribution is 7.80. The van der Waals surface area contributed by atoms with Gasteiger partial charge in [0.25, 0.3) is 0 Å². The van der Waals surface area contributed by atoms with E-state index in [1.807, 2.05) is 27.1 Å². The minimum Gasteiger partial charge on any atom is -0.363 e. The second-order valence-electron chi connectivity index (χ2n) is 2.79. The molecule has 1 rings (SSSR count). The minimum atomic E-state index is 0.638. The first-order valence-corrected chi connectivity index (χ1v) is 4.59. The Morgan fingerprint density at radius 1 is 1.69 bits per heavy atom. The predicted octanol–water partition coefficient (Wildman–Crippen LogP) is 1.03. The first-order chi connectivity index (χ1) is 6.13. The fourth-order valence-electron chi connectivity index (χ4n) is 1.05. The van der Waals surface area contributed by atoms with E-state index in [0.29, 0.717) is 5.11 Å². The largest absolute Gasteiger partial charge is 0.363 e. The van der Waals surface area contributed by atoms with Crippen molar-refractivity contribution < 1.29 is 0 Å². The van der Waals surface area contributed by atoms with Gasteiger partial charge in [0, 0.05) is 19.8 Å². The van der Waals surface area contributed by atoms with E-state index in [1.165, 1.54) is 0 Å². The molecule has 13 heavy (non-hydrogen) atoms. The van der Waals surface area contributed by atoms with Crippen LogP contribution in [0.1, 0.15) is 12.6 Å². The summed E-state index contributed by atoms with van der Waals surface area (Å²) in [5, 5.41) is 10.9. The van der Waals surface area contributed by atoms with Gasteiger partial charge in [0.1, 0.15) is 0 Å². The molecule has 0 spiro atoms. The number of nitrogens with zero attached hydrogens (tertiary/aromatic N) is 2. The summed E-state index contributed by atoms with van der Waals surface area (Å²) in [7, 11) is 1.88. The van der Waals surface area contributed by atoms with Gasteiger partial charge in [-0.15, -0.1) is 0 Å². The zero-order valence-corrected chi connectivity index (χ0v) is 8.90. The number of aryl methyl sites for hydroxylation is 2. The molecular weight excluding hydrogens is 184 g/mol. The third kappa shape index (κ3) is 2.69. The van der Waals surface area contributed by atoms with Crippen molar-refractivity contribution >= 4 is 23.0 Å². The van der Waals surface area contributed by atoms with E-state index >= 15 is 0 Å². The van der Waals surface area contributed by atoms with Crippen LogP contribution in [0.25, 0.3) is 0 Å². The maximum absolute atomic E-state index is 5.04. The van der Waals surface area contributed by atoms with Gasteiger partial charge in [0.15, 0.2) is 5.11 Å². The molecule has 0 radical (unpaired) electrons. The summed E-state index contributed by atoms with van der Waals surface area (Å²) in [4.78, 5) is 0. The first-order valence-electron chi connectivity index (χ1n) is 4.18. The van der Waals surface area contributed by atoms with Crippen LogP contribution >= 0.6 is 12.2 Å². The number of nitrogens with one attached hydrogen (secondary N) is 2. The normalized spacial score (nSPS) is 9.77. The smallest absolute Gasteiger partial charge is 0.170 e. The van der Waals surface area contributed by atoms with Gasteiger partial charge in [0.05, 0.1) is 11.4 Å². The molecular formula is C8H14N4S. The molecule has 0 aliphatic heterocycles. The van der Waals surface area contributed by atoms with Gasteiger partial charge in [-0.25, -0.2) is 0 Å².